The fraction of sp³-hybridized carbons (Fsp3) is 0.397. The number of para-hydroxylation sites is 1. The van der Waals surface area contributed by atoms with Crippen molar-refractivity contribution < 1.29 is 43.0 Å². The zero-order chi connectivity index (χ0) is 51.5. The summed E-state index contributed by atoms with van der Waals surface area (Å²) in [5.41, 5.74) is 7.66. The molecule has 0 aliphatic carbocycles. The number of amides is 4. The molecule has 5 rings (SSSR count). The molecule has 0 bridgehead atoms. The molecule has 71 heavy (non-hydrogen) atoms. The topological polar surface area (TPSA) is 177 Å². The van der Waals surface area contributed by atoms with Gasteiger partial charge in [0.1, 0.15) is 17.5 Å². The Morgan fingerprint density at radius 2 is 1.61 bits per heavy atom. The van der Waals surface area contributed by atoms with E-state index in [9.17, 15) is 24.0 Å². The van der Waals surface area contributed by atoms with Gasteiger partial charge in [-0.25, -0.2) is 0 Å². The number of rotatable bonds is 26. The van der Waals surface area contributed by atoms with Crippen LogP contribution in [0, 0.1) is 19.8 Å². The van der Waals surface area contributed by atoms with Crippen molar-refractivity contribution in [3.63, 3.8) is 0 Å². The third-order valence-electron chi connectivity index (χ3n) is 12.1. The van der Waals surface area contributed by atoms with Crippen LogP contribution in [0.1, 0.15) is 129 Å². The van der Waals surface area contributed by atoms with Crippen LogP contribution >= 0.6 is 0 Å². The van der Waals surface area contributed by atoms with Crippen molar-refractivity contribution in [2.75, 3.05) is 32.1 Å². The number of carboxylic acid groups (broad SMARTS) is 1. The quantitative estimate of drug-likeness (QED) is 0.0310. The highest BCUT2D eigenvalue weighted by atomic mass is 16.5. The molecule has 13 nitrogen and oxygen atoms in total. The summed E-state index contributed by atoms with van der Waals surface area (Å²) in [6, 6.07) is 28.1. The molecule has 4 amide bonds. The second-order valence-electron chi connectivity index (χ2n) is 19.4. The van der Waals surface area contributed by atoms with E-state index in [1.54, 1.807) is 30.1 Å². The molecule has 0 aliphatic rings. The minimum absolute atomic E-state index is 0.0559. The van der Waals surface area contributed by atoms with E-state index in [2.05, 4.69) is 82.6 Å². The zero-order valence-electron chi connectivity index (χ0n) is 42.7. The van der Waals surface area contributed by atoms with Crippen molar-refractivity contribution in [3.05, 3.63) is 148 Å². The Bertz CT molecular complexity index is 2590. The van der Waals surface area contributed by atoms with Gasteiger partial charge in [-0.15, -0.1) is 0 Å². The number of aliphatic carboxylic acids is 1. The monoisotopic (exact) mass is 969 g/mol. The maximum Gasteiger partial charge on any atom is 0.303 e. The number of hydrogen-bond donors (Lipinski definition) is 4. The summed E-state index contributed by atoms with van der Waals surface area (Å²) in [6.45, 7) is 15.9. The Morgan fingerprint density at radius 1 is 0.845 bits per heavy atom. The van der Waals surface area contributed by atoms with E-state index in [0.717, 1.165) is 39.1 Å². The van der Waals surface area contributed by atoms with E-state index in [4.69, 9.17) is 19.0 Å². The van der Waals surface area contributed by atoms with E-state index in [-0.39, 0.29) is 48.3 Å². The number of likely N-dealkylation sites (N-methyl/N-ethyl adjacent to an activating group) is 1. The molecule has 0 radical (unpaired) electrons. The summed E-state index contributed by atoms with van der Waals surface area (Å²) in [7, 11) is 1.55. The number of carbonyl (C=O) groups excluding carboxylic acids is 4. The molecular formula is C58H72N4O9. The van der Waals surface area contributed by atoms with Gasteiger partial charge in [-0.1, -0.05) is 94.8 Å². The normalized spacial score (nSPS) is 11.8. The number of benzene rings is 4. The number of carboxylic acids is 1. The Hall–Kier alpha value is -7.15. The minimum Gasteiger partial charge on any atom is -0.493 e. The molecule has 4 N–H and O–H groups in total. The number of nitrogens with one attached hydrogen (secondary N) is 3. The Morgan fingerprint density at radius 3 is 2.28 bits per heavy atom. The lowest BCUT2D eigenvalue weighted by atomic mass is 9.87. The zero-order valence-corrected chi connectivity index (χ0v) is 42.7. The molecule has 0 aliphatic heterocycles. The van der Waals surface area contributed by atoms with E-state index >= 15 is 0 Å². The van der Waals surface area contributed by atoms with Crippen molar-refractivity contribution in [2.24, 2.45) is 5.92 Å². The van der Waals surface area contributed by atoms with Crippen LogP contribution < -0.4 is 25.4 Å². The van der Waals surface area contributed by atoms with Gasteiger partial charge in [0.25, 0.3) is 5.91 Å². The molecule has 1 heterocycles. The minimum atomic E-state index is -1.05. The number of hydrogen-bond acceptors (Lipinski definition) is 8. The van der Waals surface area contributed by atoms with Gasteiger partial charge in [-0.3, -0.25) is 24.0 Å². The van der Waals surface area contributed by atoms with Crippen LogP contribution in [0.5, 0.6) is 17.2 Å². The second-order valence-corrected chi connectivity index (χ2v) is 19.4. The van der Waals surface area contributed by atoms with Crippen LogP contribution in [-0.4, -0.2) is 72.4 Å². The predicted octanol–water partition coefficient (Wildman–Crippen LogP) is 11.0. The van der Waals surface area contributed by atoms with Crippen LogP contribution in [0.3, 0.4) is 0 Å². The third-order valence-corrected chi connectivity index (χ3v) is 12.1. The maximum atomic E-state index is 14.7. The summed E-state index contributed by atoms with van der Waals surface area (Å²) in [5.74, 6) is -0.177. The number of nitrogens with zero attached hydrogens (tertiary/aromatic N) is 1. The number of unbranched alkanes of at least 4 members (excludes halogenated alkanes) is 2. The fourth-order valence-corrected chi connectivity index (χ4v) is 8.16. The lowest BCUT2D eigenvalue weighted by Gasteiger charge is -2.30. The summed E-state index contributed by atoms with van der Waals surface area (Å²) in [6.07, 6.45) is 7.99. The predicted molar refractivity (Wildman–Crippen MR) is 279 cm³/mol. The number of aryl methyl sites for hydroxylation is 3. The van der Waals surface area contributed by atoms with Gasteiger partial charge in [-0.2, -0.15) is 0 Å². The van der Waals surface area contributed by atoms with Crippen LogP contribution in [-0.2, 0) is 37.4 Å². The molecule has 1 unspecified atom stereocenters. The number of carbonyl (C=O) groups is 5. The van der Waals surface area contributed by atoms with Crippen molar-refractivity contribution in [3.8, 4) is 17.2 Å². The lowest BCUT2D eigenvalue weighted by molar-refractivity contribution is -0.138. The average molecular weight is 969 g/mol. The highest BCUT2D eigenvalue weighted by Gasteiger charge is 2.28. The average Bonchev–Trinajstić information content (AvgIpc) is 3.88. The summed E-state index contributed by atoms with van der Waals surface area (Å²) >= 11 is 0. The maximum absolute atomic E-state index is 14.7. The fourth-order valence-electron chi connectivity index (χ4n) is 8.16. The van der Waals surface area contributed by atoms with Crippen LogP contribution in [0.4, 0.5) is 5.69 Å². The van der Waals surface area contributed by atoms with Gasteiger partial charge in [0.15, 0.2) is 11.5 Å². The Balaban J connectivity index is 1.42. The number of ether oxygens (including phenoxy) is 2. The molecule has 378 valence electrons. The summed E-state index contributed by atoms with van der Waals surface area (Å²) < 4.78 is 18.3. The van der Waals surface area contributed by atoms with E-state index in [1.807, 2.05) is 60.7 Å². The van der Waals surface area contributed by atoms with Gasteiger partial charge >= 0.3 is 5.97 Å². The number of anilines is 1. The van der Waals surface area contributed by atoms with E-state index in [1.165, 1.54) is 17.9 Å². The Kier molecular flexibility index (Phi) is 20.6. The van der Waals surface area contributed by atoms with Gasteiger partial charge < -0.3 is 39.8 Å². The van der Waals surface area contributed by atoms with Crippen LogP contribution in [0.25, 0.3) is 6.08 Å². The molecule has 0 saturated carbocycles. The van der Waals surface area contributed by atoms with Gasteiger partial charge in [-0.05, 0) is 134 Å². The second kappa shape index (κ2) is 26.7. The first-order chi connectivity index (χ1) is 33.9. The molecule has 4 aromatic carbocycles. The first kappa shape index (κ1) is 54.8. The Labute approximate surface area is 419 Å². The molecule has 0 fully saturated rings. The molecule has 0 spiro atoms. The smallest absolute Gasteiger partial charge is 0.303 e. The number of furan rings is 1. The third kappa shape index (κ3) is 17.0. The van der Waals surface area contributed by atoms with Gasteiger partial charge in [0.05, 0.1) is 25.0 Å². The molecular weight excluding hydrogens is 897 g/mol. The van der Waals surface area contributed by atoms with Crippen molar-refractivity contribution in [2.45, 2.75) is 118 Å². The summed E-state index contributed by atoms with van der Waals surface area (Å²) in [4.78, 5) is 66.5. The van der Waals surface area contributed by atoms with Crippen molar-refractivity contribution >= 4 is 41.4 Å². The summed E-state index contributed by atoms with van der Waals surface area (Å²) in [5, 5.41) is 17.5. The van der Waals surface area contributed by atoms with Crippen molar-refractivity contribution in [1.82, 2.24) is 15.5 Å². The molecule has 5 aromatic rings. The van der Waals surface area contributed by atoms with Gasteiger partial charge in [0.2, 0.25) is 17.7 Å². The lowest BCUT2D eigenvalue weighted by Crippen LogP contribution is -2.48. The standard InChI is InChI=1S/C58H72N4O9/c1-39(2)38-70-50-21-14-17-42(47(50)37-44-24-23-40(3)36-41(44)4)25-31-53(64)62(49(56(67)59-8)20-9-11-33-60-52(63)30-32-54(65)66)34-12-10-16-43-18-13-19-48(61-57(68)51-22-15-35-69-51)55(43)71-46-28-26-45(27-29-46)58(5,6)7/h13-15,17-19,21-29,31,35-36,39,49H,9-12,16,20,30,32-34,37-38H2,1-8H3,(H,59,67)(H,60,63)(H,61,68)(H,65,66)/b31-25+. The van der Waals surface area contributed by atoms with E-state index < -0.39 is 17.9 Å². The van der Waals surface area contributed by atoms with Crippen LogP contribution in [0.2, 0.25) is 0 Å². The highest BCUT2D eigenvalue weighted by Crippen LogP contribution is 2.36. The molecule has 0 saturated heterocycles. The van der Waals surface area contributed by atoms with Crippen LogP contribution in [0.15, 0.2) is 108 Å². The van der Waals surface area contributed by atoms with Gasteiger partial charge in [0, 0.05) is 44.6 Å². The first-order valence-electron chi connectivity index (χ1n) is 24.7. The largest absolute Gasteiger partial charge is 0.493 e. The first-order valence-corrected chi connectivity index (χ1v) is 24.7. The molecule has 1 aromatic heterocycles. The highest BCUT2D eigenvalue weighted by molar-refractivity contribution is 6.03. The van der Waals surface area contributed by atoms with Crippen molar-refractivity contribution in [1.29, 1.82) is 0 Å². The SMILES string of the molecule is CNC(=O)C(CCCCNC(=O)CCC(=O)O)N(CCCCc1cccc(NC(=O)c2ccco2)c1Oc1ccc(C(C)(C)C)cc1)C(=O)/C=C/c1cccc(OCC(C)C)c1Cc1ccc(C)cc1C. The molecule has 13 heteroatoms. The van der Waals surface area contributed by atoms with E-state index in [0.29, 0.717) is 81.2 Å². The molecule has 1 atom stereocenters.